The van der Waals surface area contributed by atoms with E-state index in [9.17, 15) is 0 Å². The van der Waals surface area contributed by atoms with Gasteiger partial charge in [-0.05, 0) is 12.1 Å². The number of nitrogens with two attached hydrogens (primary N) is 1. The molecule has 0 bridgehead atoms. The number of imidazole rings is 1. The van der Waals surface area contributed by atoms with Gasteiger partial charge < -0.3 is 10.7 Å². The Labute approximate surface area is 120 Å². The summed E-state index contributed by atoms with van der Waals surface area (Å²) in [6.45, 7) is 0. The fourth-order valence-corrected chi connectivity index (χ4v) is 2.42. The first kappa shape index (κ1) is 11.8. The van der Waals surface area contributed by atoms with Crippen molar-refractivity contribution in [1.82, 2.24) is 24.9 Å². The quantitative estimate of drug-likeness (QED) is 0.584. The Morgan fingerprint density at radius 3 is 2.86 bits per heavy atom. The largest absolute Gasteiger partial charge is 0.368 e. The molecule has 21 heavy (non-hydrogen) atoms. The molecule has 4 rings (SSSR count). The Kier molecular flexibility index (Phi) is 2.53. The summed E-state index contributed by atoms with van der Waals surface area (Å²) >= 11 is 0. The van der Waals surface area contributed by atoms with Crippen LogP contribution in [0.1, 0.15) is 11.4 Å². The van der Waals surface area contributed by atoms with Crippen LogP contribution >= 0.6 is 0 Å². The number of hydrogen-bond acceptors (Lipinski definition) is 5. The van der Waals surface area contributed by atoms with E-state index in [4.69, 9.17) is 5.73 Å². The smallest absolute Gasteiger partial charge is 0.222 e. The van der Waals surface area contributed by atoms with E-state index >= 15 is 0 Å². The molecule has 0 unspecified atom stereocenters. The molecule has 0 spiro atoms. The maximum atomic E-state index is 5.73. The fourth-order valence-electron chi connectivity index (χ4n) is 2.42. The molecule has 3 N–H and O–H groups in total. The lowest BCUT2D eigenvalue weighted by atomic mass is 10.1. The highest BCUT2D eigenvalue weighted by Gasteiger charge is 2.10. The first-order valence-corrected chi connectivity index (χ1v) is 6.60. The second-order valence-corrected chi connectivity index (χ2v) is 4.80. The first-order chi connectivity index (χ1) is 10.3. The molecule has 0 saturated carbocycles. The minimum absolute atomic E-state index is 0.227. The number of nitrogen functional groups attached to an aromatic ring is 1. The van der Waals surface area contributed by atoms with Gasteiger partial charge in [0.15, 0.2) is 5.65 Å². The molecule has 0 aliphatic heterocycles. The topological polar surface area (TPSA) is 93.4 Å². The monoisotopic (exact) mass is 276 g/mol. The SMILES string of the molecule is Nc1nc(Cc2ccc3ccccc3n2)c2[nH]cnc2n1. The zero-order chi connectivity index (χ0) is 14.2. The van der Waals surface area contributed by atoms with Gasteiger partial charge in [-0.15, -0.1) is 0 Å². The third kappa shape index (κ3) is 2.06. The molecule has 6 nitrogen and oxygen atoms in total. The zero-order valence-electron chi connectivity index (χ0n) is 11.1. The van der Waals surface area contributed by atoms with Crippen LogP contribution in [0.15, 0.2) is 42.7 Å². The minimum atomic E-state index is 0.227. The summed E-state index contributed by atoms with van der Waals surface area (Å²) in [5.74, 6) is 0.227. The summed E-state index contributed by atoms with van der Waals surface area (Å²) in [7, 11) is 0. The maximum Gasteiger partial charge on any atom is 0.222 e. The highest BCUT2D eigenvalue weighted by atomic mass is 15.1. The predicted octanol–water partition coefficient (Wildman–Crippen LogP) is 2.07. The molecule has 0 saturated heterocycles. The highest BCUT2D eigenvalue weighted by molar-refractivity contribution is 5.79. The Morgan fingerprint density at radius 1 is 1.00 bits per heavy atom. The van der Waals surface area contributed by atoms with Gasteiger partial charge in [0.25, 0.3) is 0 Å². The van der Waals surface area contributed by atoms with Gasteiger partial charge in [-0.3, -0.25) is 4.98 Å². The summed E-state index contributed by atoms with van der Waals surface area (Å²) in [5.41, 5.74) is 9.82. The van der Waals surface area contributed by atoms with Crippen LogP contribution < -0.4 is 5.73 Å². The van der Waals surface area contributed by atoms with Crippen LogP contribution in [0.25, 0.3) is 22.1 Å². The molecular formula is C15H12N6. The number of hydrogen-bond donors (Lipinski definition) is 2. The molecule has 0 radical (unpaired) electrons. The lowest BCUT2D eigenvalue weighted by molar-refractivity contribution is 1.02. The second-order valence-electron chi connectivity index (χ2n) is 4.80. The van der Waals surface area contributed by atoms with E-state index in [0.717, 1.165) is 27.8 Å². The van der Waals surface area contributed by atoms with Crippen molar-refractivity contribution in [3.05, 3.63) is 54.1 Å². The van der Waals surface area contributed by atoms with Gasteiger partial charge in [0.2, 0.25) is 5.95 Å². The van der Waals surface area contributed by atoms with Crippen molar-refractivity contribution in [2.75, 3.05) is 5.73 Å². The van der Waals surface area contributed by atoms with Crippen LogP contribution in [0.2, 0.25) is 0 Å². The Hall–Kier alpha value is -3.02. The average molecular weight is 276 g/mol. The van der Waals surface area contributed by atoms with Crippen LogP contribution in [0.5, 0.6) is 0 Å². The maximum absolute atomic E-state index is 5.73. The highest BCUT2D eigenvalue weighted by Crippen LogP contribution is 2.18. The molecule has 1 aromatic carbocycles. The predicted molar refractivity (Wildman–Crippen MR) is 80.6 cm³/mol. The molecular weight excluding hydrogens is 264 g/mol. The van der Waals surface area contributed by atoms with Crippen LogP contribution in [0.3, 0.4) is 0 Å². The number of rotatable bonds is 2. The van der Waals surface area contributed by atoms with Gasteiger partial charge in [0.1, 0.15) is 5.52 Å². The molecule has 102 valence electrons. The second kappa shape index (κ2) is 4.52. The fraction of sp³-hybridized carbons (Fsp3) is 0.0667. The van der Waals surface area contributed by atoms with Gasteiger partial charge in [-0.1, -0.05) is 24.3 Å². The Bertz CT molecular complexity index is 943. The van der Waals surface area contributed by atoms with Crippen molar-refractivity contribution < 1.29 is 0 Å². The number of benzene rings is 1. The summed E-state index contributed by atoms with van der Waals surface area (Å²) in [5, 5.41) is 1.12. The van der Waals surface area contributed by atoms with Crippen LogP contribution in [0.4, 0.5) is 5.95 Å². The standard InChI is InChI=1S/C15H12N6/c16-15-20-12(13-14(21-15)18-8-17-13)7-10-6-5-9-3-1-2-4-11(9)19-10/h1-6,8H,7H2,(H3,16,17,18,20,21). The number of nitrogens with one attached hydrogen (secondary N) is 1. The van der Waals surface area contributed by atoms with E-state index in [1.54, 1.807) is 6.33 Å². The normalized spacial score (nSPS) is 11.2. The van der Waals surface area contributed by atoms with Gasteiger partial charge in [0.05, 0.1) is 17.5 Å². The van der Waals surface area contributed by atoms with E-state index in [-0.39, 0.29) is 5.95 Å². The molecule has 3 aromatic heterocycles. The number of aromatic amines is 1. The van der Waals surface area contributed by atoms with Crippen LogP contribution in [0, 0.1) is 0 Å². The molecule has 0 atom stereocenters. The van der Waals surface area contributed by atoms with E-state index in [1.165, 1.54) is 0 Å². The van der Waals surface area contributed by atoms with Crippen molar-refractivity contribution >= 4 is 28.0 Å². The van der Waals surface area contributed by atoms with Crippen LogP contribution in [-0.2, 0) is 6.42 Å². The number of nitrogens with zero attached hydrogens (tertiary/aromatic N) is 4. The molecule has 3 heterocycles. The van der Waals surface area contributed by atoms with Gasteiger partial charge in [-0.2, -0.15) is 4.98 Å². The molecule has 0 amide bonds. The number of H-pyrrole nitrogens is 1. The summed E-state index contributed by atoms with van der Waals surface area (Å²) < 4.78 is 0. The summed E-state index contributed by atoms with van der Waals surface area (Å²) in [6.07, 6.45) is 2.17. The Morgan fingerprint density at radius 2 is 1.90 bits per heavy atom. The number of para-hydroxylation sites is 1. The number of aromatic nitrogens is 5. The molecule has 6 heteroatoms. The third-order valence-electron chi connectivity index (χ3n) is 3.38. The van der Waals surface area contributed by atoms with Gasteiger partial charge in [0, 0.05) is 17.5 Å². The summed E-state index contributed by atoms with van der Waals surface area (Å²) in [4.78, 5) is 20.2. The summed E-state index contributed by atoms with van der Waals surface area (Å²) in [6, 6.07) is 12.1. The number of fused-ring (bicyclic) bond motifs is 2. The van der Waals surface area contributed by atoms with Gasteiger partial charge >= 0.3 is 0 Å². The van der Waals surface area contributed by atoms with E-state index < -0.39 is 0 Å². The number of pyridine rings is 1. The molecule has 0 aliphatic rings. The van der Waals surface area contributed by atoms with Crippen molar-refractivity contribution in [2.24, 2.45) is 0 Å². The third-order valence-corrected chi connectivity index (χ3v) is 3.38. The lowest BCUT2D eigenvalue weighted by Gasteiger charge is -2.04. The average Bonchev–Trinajstić information content (AvgIpc) is 2.95. The number of anilines is 1. The van der Waals surface area contributed by atoms with Crippen molar-refractivity contribution in [1.29, 1.82) is 0 Å². The van der Waals surface area contributed by atoms with E-state index in [2.05, 4.69) is 31.0 Å². The van der Waals surface area contributed by atoms with Crippen molar-refractivity contribution in [2.45, 2.75) is 6.42 Å². The molecule has 0 fully saturated rings. The van der Waals surface area contributed by atoms with Gasteiger partial charge in [-0.25, -0.2) is 9.97 Å². The molecule has 4 aromatic rings. The van der Waals surface area contributed by atoms with E-state index in [0.29, 0.717) is 12.1 Å². The first-order valence-electron chi connectivity index (χ1n) is 6.60. The zero-order valence-corrected chi connectivity index (χ0v) is 11.1. The Balaban J connectivity index is 1.80. The molecule has 0 aliphatic carbocycles. The lowest BCUT2D eigenvalue weighted by Crippen LogP contribution is -2.02. The van der Waals surface area contributed by atoms with Crippen LogP contribution in [-0.4, -0.2) is 24.9 Å². The van der Waals surface area contributed by atoms with Crippen molar-refractivity contribution in [3.63, 3.8) is 0 Å². The van der Waals surface area contributed by atoms with E-state index in [1.807, 2.05) is 30.3 Å². The van der Waals surface area contributed by atoms with Crippen molar-refractivity contribution in [3.8, 4) is 0 Å². The minimum Gasteiger partial charge on any atom is -0.368 e.